The van der Waals surface area contributed by atoms with Gasteiger partial charge in [0.1, 0.15) is 0 Å². The van der Waals surface area contributed by atoms with Crippen molar-refractivity contribution in [3.8, 4) is 0 Å². The molecule has 2 nitrogen and oxygen atoms in total. The topological polar surface area (TPSA) is 6.48 Å². The fourth-order valence-corrected chi connectivity index (χ4v) is 3.96. The molecule has 1 aromatic rings. The molecule has 1 aromatic carbocycles. The van der Waals surface area contributed by atoms with Gasteiger partial charge in [-0.25, -0.2) is 0 Å². The Kier molecular flexibility index (Phi) is 3.83. The molecular formula is C14H18BrClN2. The number of alkyl halides is 1. The van der Waals surface area contributed by atoms with Crippen LogP contribution in [0.5, 0.6) is 0 Å². The zero-order chi connectivity index (χ0) is 12.5. The van der Waals surface area contributed by atoms with Crippen LogP contribution in [0.3, 0.4) is 0 Å². The molecule has 1 atom stereocenters. The van der Waals surface area contributed by atoms with E-state index in [4.69, 9.17) is 11.6 Å². The van der Waals surface area contributed by atoms with Gasteiger partial charge in [-0.15, -0.1) is 0 Å². The van der Waals surface area contributed by atoms with Gasteiger partial charge in [-0.1, -0.05) is 33.6 Å². The molecule has 2 fully saturated rings. The van der Waals surface area contributed by atoms with Crippen LogP contribution in [0, 0.1) is 0 Å². The molecule has 0 aromatic heterocycles. The summed E-state index contributed by atoms with van der Waals surface area (Å²) in [5.74, 6) is 0. The third-order valence-corrected chi connectivity index (χ3v) is 5.09. The molecule has 3 rings (SSSR count). The Morgan fingerprint density at radius 3 is 2.94 bits per heavy atom. The molecule has 2 heterocycles. The van der Waals surface area contributed by atoms with E-state index >= 15 is 0 Å². The Morgan fingerprint density at radius 1 is 1.28 bits per heavy atom. The molecule has 18 heavy (non-hydrogen) atoms. The zero-order valence-corrected chi connectivity index (χ0v) is 12.8. The average molecular weight is 330 g/mol. The predicted molar refractivity (Wildman–Crippen MR) is 80.9 cm³/mol. The maximum absolute atomic E-state index is 6.29. The van der Waals surface area contributed by atoms with Gasteiger partial charge in [0.05, 0.1) is 0 Å². The van der Waals surface area contributed by atoms with Gasteiger partial charge in [0, 0.05) is 41.7 Å². The fraction of sp³-hybridized carbons (Fsp3) is 0.571. The van der Waals surface area contributed by atoms with Crippen molar-refractivity contribution in [2.24, 2.45) is 0 Å². The molecule has 0 saturated carbocycles. The molecule has 2 saturated heterocycles. The predicted octanol–water partition coefficient (Wildman–Crippen LogP) is 3.52. The Labute approximate surface area is 122 Å². The van der Waals surface area contributed by atoms with E-state index in [0.717, 1.165) is 29.5 Å². The largest absolute Gasteiger partial charge is 0.369 e. The lowest BCUT2D eigenvalue weighted by Gasteiger charge is -2.39. The second-order valence-corrected chi connectivity index (χ2v) is 6.16. The first kappa shape index (κ1) is 12.8. The number of hydrogen-bond acceptors (Lipinski definition) is 2. The number of rotatable bonds is 2. The van der Waals surface area contributed by atoms with E-state index in [1.165, 1.54) is 37.2 Å². The van der Waals surface area contributed by atoms with E-state index in [2.05, 4.69) is 43.9 Å². The number of anilines is 1. The van der Waals surface area contributed by atoms with Crippen LogP contribution in [0.25, 0.3) is 0 Å². The van der Waals surface area contributed by atoms with Crippen LogP contribution in [-0.2, 0) is 5.33 Å². The van der Waals surface area contributed by atoms with Crippen LogP contribution < -0.4 is 4.90 Å². The molecule has 2 aliphatic rings. The number of halogens is 2. The summed E-state index contributed by atoms with van der Waals surface area (Å²) in [5.41, 5.74) is 2.44. The summed E-state index contributed by atoms with van der Waals surface area (Å²) in [5, 5.41) is 1.70. The third-order valence-electron chi connectivity index (χ3n) is 4.13. The van der Waals surface area contributed by atoms with E-state index < -0.39 is 0 Å². The van der Waals surface area contributed by atoms with Gasteiger partial charge in [0.15, 0.2) is 0 Å². The van der Waals surface area contributed by atoms with E-state index in [1.807, 2.05) is 0 Å². The third kappa shape index (κ3) is 2.40. The van der Waals surface area contributed by atoms with Gasteiger partial charge in [-0.05, 0) is 37.1 Å². The maximum Gasteiger partial charge on any atom is 0.0467 e. The van der Waals surface area contributed by atoms with Crippen LogP contribution in [0.2, 0.25) is 5.02 Å². The molecule has 0 amide bonds. The van der Waals surface area contributed by atoms with Crippen molar-refractivity contribution < 1.29 is 0 Å². The van der Waals surface area contributed by atoms with Crippen molar-refractivity contribution in [3.05, 3.63) is 28.8 Å². The summed E-state index contributed by atoms with van der Waals surface area (Å²) < 4.78 is 0. The fourth-order valence-electron chi connectivity index (χ4n) is 3.07. The second-order valence-electron chi connectivity index (χ2n) is 5.19. The molecule has 4 heteroatoms. The lowest BCUT2D eigenvalue weighted by Crippen LogP contribution is -2.50. The zero-order valence-electron chi connectivity index (χ0n) is 10.4. The van der Waals surface area contributed by atoms with Crippen molar-refractivity contribution >= 4 is 33.2 Å². The van der Waals surface area contributed by atoms with Gasteiger partial charge in [0.2, 0.25) is 0 Å². The van der Waals surface area contributed by atoms with E-state index in [1.54, 1.807) is 0 Å². The smallest absolute Gasteiger partial charge is 0.0467 e. The maximum atomic E-state index is 6.29. The van der Waals surface area contributed by atoms with Crippen molar-refractivity contribution in [3.63, 3.8) is 0 Å². The first-order valence-corrected chi connectivity index (χ1v) is 8.11. The minimum atomic E-state index is 0.758. The van der Waals surface area contributed by atoms with Crippen molar-refractivity contribution in [2.45, 2.75) is 24.2 Å². The minimum Gasteiger partial charge on any atom is -0.369 e. The Bertz CT molecular complexity index is 438. The molecule has 0 N–H and O–H groups in total. The lowest BCUT2D eigenvalue weighted by molar-refractivity contribution is 0.231. The number of fused-ring (bicyclic) bond motifs is 1. The number of nitrogens with zero attached hydrogens (tertiary/aromatic N) is 2. The van der Waals surface area contributed by atoms with Gasteiger partial charge in [-0.2, -0.15) is 0 Å². The number of hydrogen-bond donors (Lipinski definition) is 0. The van der Waals surface area contributed by atoms with Crippen LogP contribution >= 0.6 is 27.5 Å². The highest BCUT2D eigenvalue weighted by Gasteiger charge is 2.30. The van der Waals surface area contributed by atoms with Gasteiger partial charge in [-0.3, -0.25) is 4.90 Å². The Morgan fingerprint density at radius 2 is 2.17 bits per heavy atom. The molecular weight excluding hydrogens is 312 g/mol. The first-order valence-electron chi connectivity index (χ1n) is 6.61. The van der Waals surface area contributed by atoms with Crippen molar-refractivity contribution in [2.75, 3.05) is 31.1 Å². The highest BCUT2D eigenvalue weighted by Crippen LogP contribution is 2.29. The highest BCUT2D eigenvalue weighted by molar-refractivity contribution is 9.08. The second kappa shape index (κ2) is 5.40. The van der Waals surface area contributed by atoms with Gasteiger partial charge in [0.25, 0.3) is 0 Å². The van der Waals surface area contributed by atoms with E-state index in [9.17, 15) is 0 Å². The van der Waals surface area contributed by atoms with Crippen LogP contribution in [0.4, 0.5) is 5.69 Å². The Hall–Kier alpha value is -0.250. The monoisotopic (exact) mass is 328 g/mol. The van der Waals surface area contributed by atoms with Crippen molar-refractivity contribution in [1.29, 1.82) is 0 Å². The van der Waals surface area contributed by atoms with E-state index in [-0.39, 0.29) is 0 Å². The standard InChI is InChI=1S/C14H18BrClN2/c15-9-11-3-4-12(8-14(11)16)18-7-6-17-5-1-2-13(17)10-18/h3-4,8,13H,1-2,5-7,9-10H2. The number of benzene rings is 1. The first-order chi connectivity index (χ1) is 8.78. The SMILES string of the molecule is Clc1cc(N2CCN3CCCC3C2)ccc1CBr. The molecule has 0 bridgehead atoms. The molecule has 0 radical (unpaired) electrons. The van der Waals surface area contributed by atoms with E-state index in [0.29, 0.717) is 0 Å². The van der Waals surface area contributed by atoms with Crippen LogP contribution in [0.15, 0.2) is 18.2 Å². The summed E-state index contributed by atoms with van der Waals surface area (Å²) in [4.78, 5) is 5.11. The molecule has 1 unspecified atom stereocenters. The summed E-state index contributed by atoms with van der Waals surface area (Å²) >= 11 is 9.75. The quantitative estimate of drug-likeness (QED) is 0.766. The normalized spacial score (nSPS) is 24.3. The average Bonchev–Trinajstić information content (AvgIpc) is 2.85. The molecule has 0 aliphatic carbocycles. The number of piperazine rings is 1. The van der Waals surface area contributed by atoms with Gasteiger partial charge >= 0.3 is 0 Å². The lowest BCUT2D eigenvalue weighted by atomic mass is 10.1. The van der Waals surface area contributed by atoms with Crippen LogP contribution in [-0.4, -0.2) is 37.1 Å². The van der Waals surface area contributed by atoms with Crippen molar-refractivity contribution in [1.82, 2.24) is 4.90 Å². The Balaban J connectivity index is 1.76. The molecule has 0 spiro atoms. The summed E-state index contributed by atoms with van der Waals surface area (Å²) in [6.07, 6.45) is 2.71. The summed E-state index contributed by atoms with van der Waals surface area (Å²) in [7, 11) is 0. The van der Waals surface area contributed by atoms with Gasteiger partial charge < -0.3 is 4.90 Å². The minimum absolute atomic E-state index is 0.758. The highest BCUT2D eigenvalue weighted by atomic mass is 79.9. The molecule has 98 valence electrons. The summed E-state index contributed by atoms with van der Waals surface area (Å²) in [6.45, 7) is 4.77. The van der Waals surface area contributed by atoms with Crippen LogP contribution in [0.1, 0.15) is 18.4 Å². The summed E-state index contributed by atoms with van der Waals surface area (Å²) in [6, 6.07) is 7.21. The molecule has 2 aliphatic heterocycles.